The van der Waals surface area contributed by atoms with E-state index >= 15 is 0 Å². The molecule has 2 aromatic carbocycles. The first-order valence-electron chi connectivity index (χ1n) is 16.4. The van der Waals surface area contributed by atoms with Gasteiger partial charge in [0.1, 0.15) is 22.8 Å². The number of rotatable bonds is 10. The Kier molecular flexibility index (Phi) is 11.7. The van der Waals surface area contributed by atoms with E-state index in [0.717, 1.165) is 36.1 Å². The lowest BCUT2D eigenvalue weighted by atomic mass is 9.85. The topological polar surface area (TPSA) is 133 Å². The molecule has 1 saturated heterocycles. The number of aromatic nitrogens is 1. The third-order valence-electron chi connectivity index (χ3n) is 8.03. The lowest BCUT2D eigenvalue weighted by Gasteiger charge is -2.30. The minimum atomic E-state index is -3.37. The third-order valence-corrected chi connectivity index (χ3v) is 8.87. The molecular weight excluding hydrogens is 646 g/mol. The molecule has 1 amide bonds. The number of piperidine rings is 1. The molecule has 0 atom stereocenters. The molecule has 2 heterocycles. The molecule has 12 heteroatoms. The van der Waals surface area contributed by atoms with Crippen molar-refractivity contribution >= 4 is 27.6 Å². The lowest BCUT2D eigenvalue weighted by Crippen LogP contribution is -2.38. The van der Waals surface area contributed by atoms with Gasteiger partial charge in [0.05, 0.1) is 18.6 Å². The Morgan fingerprint density at radius 1 is 1.00 bits per heavy atom. The van der Waals surface area contributed by atoms with Crippen LogP contribution >= 0.6 is 0 Å². The van der Waals surface area contributed by atoms with Crippen molar-refractivity contribution in [3.63, 3.8) is 0 Å². The van der Waals surface area contributed by atoms with Gasteiger partial charge in [-0.05, 0) is 93.7 Å². The Bertz CT molecular complexity index is 1770. The smallest absolute Gasteiger partial charge is 0.494 e. The summed E-state index contributed by atoms with van der Waals surface area (Å²) in [4.78, 5) is 35.5. The molecular formula is C37H49N3O8S. The molecule has 4 rings (SSSR count). The molecule has 1 aliphatic heterocycles. The Hall–Kier alpha value is -4.16. The van der Waals surface area contributed by atoms with Crippen LogP contribution in [0, 0.1) is 12.8 Å². The van der Waals surface area contributed by atoms with Gasteiger partial charge in [0.2, 0.25) is 0 Å². The summed E-state index contributed by atoms with van der Waals surface area (Å²) in [6, 6.07) is 12.5. The number of carbonyl (C=O) groups is 2. The van der Waals surface area contributed by atoms with Crippen LogP contribution in [-0.2, 0) is 37.0 Å². The fraction of sp³-hybridized carbons (Fsp3) is 0.486. The van der Waals surface area contributed by atoms with E-state index in [1.807, 2.05) is 52.0 Å². The number of sulfone groups is 1. The molecule has 11 nitrogen and oxygen atoms in total. The summed E-state index contributed by atoms with van der Waals surface area (Å²) >= 11 is 0. The van der Waals surface area contributed by atoms with Crippen LogP contribution in [0.15, 0.2) is 48.7 Å². The van der Waals surface area contributed by atoms with Crippen LogP contribution in [0.1, 0.15) is 87.1 Å². The number of hydrogen-bond donors (Lipinski definition) is 1. The first kappa shape index (κ1) is 37.7. The second-order valence-corrected chi connectivity index (χ2v) is 16.8. The van der Waals surface area contributed by atoms with Crippen molar-refractivity contribution in [3.05, 3.63) is 76.6 Å². The van der Waals surface area contributed by atoms with Crippen LogP contribution in [0.5, 0.6) is 17.2 Å². The standard InChI is InChI=1S/C37H49N3O8S/c1-24-10-11-26(34(41)39-31-21-28(36(2,3)4)19-27(33(31)45-8)23-49(9,43)44)20-32(24)46-30-12-15-38-29(22-30)18-25-13-16-40(17-14-25)48-35(42)47-37(5,6)7/h10-12,15,19-22,25H,13-14,16-18,23H2,1-9H3,(H,39,41). The van der Waals surface area contributed by atoms with Gasteiger partial charge < -0.3 is 24.4 Å². The van der Waals surface area contributed by atoms with E-state index in [9.17, 15) is 18.0 Å². The predicted octanol–water partition coefficient (Wildman–Crippen LogP) is 7.41. The maximum atomic E-state index is 13.6. The average Bonchev–Trinajstić information content (AvgIpc) is 2.97. The molecule has 1 aromatic heterocycles. The van der Waals surface area contributed by atoms with Crippen LogP contribution in [0.3, 0.4) is 0 Å². The molecule has 0 bridgehead atoms. The van der Waals surface area contributed by atoms with Gasteiger partial charge in [-0.1, -0.05) is 32.9 Å². The Labute approximate surface area is 290 Å². The van der Waals surface area contributed by atoms with Gasteiger partial charge in [-0.15, -0.1) is 5.06 Å². The van der Waals surface area contributed by atoms with Gasteiger partial charge in [0.15, 0.2) is 9.84 Å². The molecule has 1 fully saturated rings. The molecule has 0 saturated carbocycles. The number of aryl methyl sites for hydroxylation is 1. The van der Waals surface area contributed by atoms with Gasteiger partial charge in [-0.2, -0.15) is 0 Å². The molecule has 266 valence electrons. The summed E-state index contributed by atoms with van der Waals surface area (Å²) in [6.45, 7) is 14.6. The van der Waals surface area contributed by atoms with Crippen molar-refractivity contribution in [2.75, 3.05) is 31.8 Å². The molecule has 0 radical (unpaired) electrons. The number of pyridine rings is 1. The summed E-state index contributed by atoms with van der Waals surface area (Å²) < 4.78 is 41.6. The number of methoxy groups -OCH3 is 1. The number of nitrogens with zero attached hydrogens (tertiary/aromatic N) is 2. The minimum Gasteiger partial charge on any atom is -0.494 e. The second kappa shape index (κ2) is 15.2. The van der Waals surface area contributed by atoms with Crippen molar-refractivity contribution in [3.8, 4) is 17.2 Å². The van der Waals surface area contributed by atoms with Crippen LogP contribution < -0.4 is 14.8 Å². The van der Waals surface area contributed by atoms with Crippen LogP contribution in [0.2, 0.25) is 0 Å². The van der Waals surface area contributed by atoms with E-state index in [0.29, 0.717) is 53.1 Å². The molecule has 49 heavy (non-hydrogen) atoms. The highest BCUT2D eigenvalue weighted by molar-refractivity contribution is 7.89. The first-order chi connectivity index (χ1) is 22.8. The maximum absolute atomic E-state index is 13.6. The number of carbonyl (C=O) groups excluding carboxylic acids is 2. The van der Waals surface area contributed by atoms with E-state index in [1.54, 1.807) is 50.2 Å². The van der Waals surface area contributed by atoms with Gasteiger partial charge in [0.25, 0.3) is 5.91 Å². The summed E-state index contributed by atoms with van der Waals surface area (Å²) in [6.07, 6.45) is 4.61. The van der Waals surface area contributed by atoms with E-state index in [1.165, 1.54) is 13.4 Å². The van der Waals surface area contributed by atoms with Crippen molar-refractivity contribution in [1.82, 2.24) is 10.0 Å². The van der Waals surface area contributed by atoms with E-state index < -0.39 is 27.5 Å². The maximum Gasteiger partial charge on any atom is 0.528 e. The summed E-state index contributed by atoms with van der Waals surface area (Å²) in [5.74, 6) is 1.17. The predicted molar refractivity (Wildman–Crippen MR) is 189 cm³/mol. The second-order valence-electron chi connectivity index (χ2n) is 14.7. The zero-order valence-electron chi connectivity index (χ0n) is 30.0. The zero-order valence-corrected chi connectivity index (χ0v) is 30.8. The van der Waals surface area contributed by atoms with E-state index in [4.69, 9.17) is 19.0 Å². The van der Waals surface area contributed by atoms with Gasteiger partial charge in [-0.25, -0.2) is 13.2 Å². The number of hydrogen-bond acceptors (Lipinski definition) is 10. The third kappa shape index (κ3) is 11.2. The Morgan fingerprint density at radius 2 is 1.69 bits per heavy atom. The highest BCUT2D eigenvalue weighted by Gasteiger charge is 2.26. The minimum absolute atomic E-state index is 0.221. The Morgan fingerprint density at radius 3 is 2.31 bits per heavy atom. The largest absolute Gasteiger partial charge is 0.528 e. The summed E-state index contributed by atoms with van der Waals surface area (Å²) in [5, 5.41) is 4.59. The molecule has 3 aromatic rings. The number of ether oxygens (including phenoxy) is 3. The van der Waals surface area contributed by atoms with Crippen molar-refractivity contribution < 1.29 is 37.1 Å². The SMILES string of the molecule is COc1c(CS(C)(=O)=O)cc(C(C)(C)C)cc1NC(=O)c1ccc(C)c(Oc2ccnc(CC3CCN(OC(=O)OC(C)(C)C)CC3)c2)c1. The van der Waals surface area contributed by atoms with Crippen LogP contribution in [0.4, 0.5) is 10.5 Å². The van der Waals surface area contributed by atoms with E-state index in [-0.39, 0.29) is 11.2 Å². The van der Waals surface area contributed by atoms with Crippen molar-refractivity contribution in [2.45, 2.75) is 84.5 Å². The van der Waals surface area contributed by atoms with Crippen LogP contribution in [-0.4, -0.2) is 62.6 Å². The van der Waals surface area contributed by atoms with Crippen LogP contribution in [0.25, 0.3) is 0 Å². The van der Waals surface area contributed by atoms with Crippen molar-refractivity contribution in [1.29, 1.82) is 0 Å². The van der Waals surface area contributed by atoms with Crippen molar-refractivity contribution in [2.24, 2.45) is 5.92 Å². The monoisotopic (exact) mass is 695 g/mol. The number of anilines is 1. The quantitative estimate of drug-likeness (QED) is 0.214. The highest BCUT2D eigenvalue weighted by Crippen LogP contribution is 2.37. The average molecular weight is 696 g/mol. The number of hydroxylamine groups is 2. The highest BCUT2D eigenvalue weighted by atomic mass is 32.2. The summed E-state index contributed by atoms with van der Waals surface area (Å²) in [5.41, 5.74) is 2.91. The number of benzene rings is 2. The number of amides is 1. The molecule has 0 spiro atoms. The molecule has 1 aliphatic rings. The number of nitrogens with one attached hydrogen (secondary N) is 1. The zero-order chi connectivity index (χ0) is 36.1. The van der Waals surface area contributed by atoms with Gasteiger partial charge in [-0.3, -0.25) is 9.78 Å². The fourth-order valence-electron chi connectivity index (χ4n) is 5.52. The fourth-order valence-corrected chi connectivity index (χ4v) is 6.30. The molecule has 1 N–H and O–H groups in total. The molecule has 0 aliphatic carbocycles. The van der Waals surface area contributed by atoms with Gasteiger partial charge in [0, 0.05) is 48.4 Å². The summed E-state index contributed by atoms with van der Waals surface area (Å²) in [7, 11) is -1.91. The molecule has 0 unspecified atom stereocenters. The normalized spacial score (nSPS) is 14.6. The first-order valence-corrected chi connectivity index (χ1v) is 18.5. The lowest BCUT2D eigenvalue weighted by molar-refractivity contribution is -0.155. The Balaban J connectivity index is 1.45. The van der Waals surface area contributed by atoms with E-state index in [2.05, 4.69) is 10.3 Å². The van der Waals surface area contributed by atoms with Gasteiger partial charge >= 0.3 is 6.16 Å².